The summed E-state index contributed by atoms with van der Waals surface area (Å²) in [5.41, 5.74) is 3.36. The lowest BCUT2D eigenvalue weighted by Crippen LogP contribution is -2.29. The number of benzene rings is 2. The maximum absolute atomic E-state index is 12.9. The summed E-state index contributed by atoms with van der Waals surface area (Å²) in [7, 11) is 0. The van der Waals surface area contributed by atoms with Crippen LogP contribution in [0.1, 0.15) is 35.6 Å². The molecule has 1 fully saturated rings. The van der Waals surface area contributed by atoms with E-state index in [1.54, 1.807) is 6.08 Å². The lowest BCUT2D eigenvalue weighted by molar-refractivity contribution is -0.126. The van der Waals surface area contributed by atoms with Crippen LogP contribution in [0.25, 0.3) is 6.08 Å². The zero-order chi connectivity index (χ0) is 18.9. The number of carbonyl (C=O) groups is 1. The largest absolute Gasteiger partial charge is 0.493 e. The lowest BCUT2D eigenvalue weighted by Gasteiger charge is -2.26. The van der Waals surface area contributed by atoms with Gasteiger partial charge in [0.2, 0.25) is 5.91 Å². The number of hydrogen-bond donors (Lipinski definition) is 0. The van der Waals surface area contributed by atoms with E-state index >= 15 is 0 Å². The predicted molar refractivity (Wildman–Crippen MR) is 106 cm³/mol. The third kappa shape index (κ3) is 3.21. The molecule has 3 heterocycles. The summed E-state index contributed by atoms with van der Waals surface area (Å²) in [5.74, 6) is 2.57. The highest BCUT2D eigenvalue weighted by Crippen LogP contribution is 2.38. The molecule has 1 unspecified atom stereocenters. The van der Waals surface area contributed by atoms with Crippen LogP contribution in [0.3, 0.4) is 0 Å². The number of carbonyl (C=O) groups excluding carboxylic acids is 1. The molecule has 1 amide bonds. The zero-order valence-corrected chi connectivity index (χ0v) is 15.7. The van der Waals surface area contributed by atoms with E-state index in [4.69, 9.17) is 14.2 Å². The van der Waals surface area contributed by atoms with Crippen LogP contribution < -0.4 is 14.2 Å². The van der Waals surface area contributed by atoms with Crippen LogP contribution >= 0.6 is 0 Å². The van der Waals surface area contributed by atoms with Crippen LogP contribution in [0.15, 0.2) is 42.5 Å². The van der Waals surface area contributed by atoms with Crippen LogP contribution in [0.5, 0.6) is 17.2 Å². The van der Waals surface area contributed by atoms with Gasteiger partial charge in [0, 0.05) is 19.0 Å². The highest BCUT2D eigenvalue weighted by atomic mass is 16.6. The van der Waals surface area contributed by atoms with Gasteiger partial charge < -0.3 is 19.1 Å². The molecule has 0 N–H and O–H groups in total. The smallest absolute Gasteiger partial charge is 0.247 e. The third-order valence-electron chi connectivity index (χ3n) is 5.62. The number of ether oxygens (including phenoxy) is 3. The van der Waals surface area contributed by atoms with E-state index in [0.29, 0.717) is 13.2 Å². The number of nitrogens with zero attached hydrogens (tertiary/aromatic N) is 1. The van der Waals surface area contributed by atoms with Crippen LogP contribution in [-0.4, -0.2) is 37.2 Å². The summed E-state index contributed by atoms with van der Waals surface area (Å²) >= 11 is 0. The summed E-state index contributed by atoms with van der Waals surface area (Å²) in [6.07, 6.45) is 6.50. The van der Waals surface area contributed by atoms with E-state index in [0.717, 1.165) is 60.8 Å². The van der Waals surface area contributed by atoms with Crippen LogP contribution in [0.2, 0.25) is 0 Å². The van der Waals surface area contributed by atoms with Crippen molar-refractivity contribution in [3.8, 4) is 17.2 Å². The van der Waals surface area contributed by atoms with Crippen LogP contribution in [0.4, 0.5) is 0 Å². The Balaban J connectivity index is 1.33. The summed E-state index contributed by atoms with van der Waals surface area (Å²) in [6.45, 7) is 2.67. The summed E-state index contributed by atoms with van der Waals surface area (Å²) in [5, 5.41) is 0. The fourth-order valence-corrected chi connectivity index (χ4v) is 4.22. The van der Waals surface area contributed by atoms with Gasteiger partial charge in [-0.2, -0.15) is 0 Å². The Hall–Kier alpha value is -2.95. The number of likely N-dealkylation sites (tertiary alicyclic amines) is 1. The molecule has 28 heavy (non-hydrogen) atoms. The fourth-order valence-electron chi connectivity index (χ4n) is 4.22. The van der Waals surface area contributed by atoms with Gasteiger partial charge in [-0.1, -0.05) is 12.1 Å². The first-order chi connectivity index (χ1) is 13.8. The number of fused-ring (bicyclic) bond motifs is 2. The van der Waals surface area contributed by atoms with Crippen LogP contribution in [0, 0.1) is 0 Å². The molecule has 0 radical (unpaired) electrons. The molecule has 144 valence electrons. The molecule has 2 aromatic rings. The Morgan fingerprint density at radius 1 is 0.964 bits per heavy atom. The highest BCUT2D eigenvalue weighted by molar-refractivity contribution is 5.92. The van der Waals surface area contributed by atoms with Gasteiger partial charge in [-0.05, 0) is 59.9 Å². The molecule has 5 nitrogen and oxygen atoms in total. The van der Waals surface area contributed by atoms with Crippen molar-refractivity contribution in [3.05, 3.63) is 59.2 Å². The second-order valence-electron chi connectivity index (χ2n) is 7.39. The van der Waals surface area contributed by atoms with Crippen molar-refractivity contribution < 1.29 is 19.0 Å². The molecule has 0 aliphatic carbocycles. The third-order valence-corrected chi connectivity index (χ3v) is 5.62. The minimum Gasteiger partial charge on any atom is -0.493 e. The quantitative estimate of drug-likeness (QED) is 0.764. The number of rotatable bonds is 3. The minimum absolute atomic E-state index is 0.0501. The first kappa shape index (κ1) is 17.2. The Bertz CT molecular complexity index is 936. The Labute approximate surface area is 164 Å². The van der Waals surface area contributed by atoms with E-state index in [9.17, 15) is 4.79 Å². The molecular formula is C23H23NO4. The molecule has 3 aliphatic heterocycles. The SMILES string of the molecule is O=C(/C=C/c1ccc2c(c1)CCO2)N1CCCC1c1ccc2c(c1)OCCO2. The number of amides is 1. The number of hydrogen-bond acceptors (Lipinski definition) is 4. The summed E-state index contributed by atoms with van der Waals surface area (Å²) < 4.78 is 16.9. The molecule has 0 bridgehead atoms. The predicted octanol–water partition coefficient (Wildman–Crippen LogP) is 3.77. The normalized spacial score (nSPS) is 20.3. The van der Waals surface area contributed by atoms with Gasteiger partial charge in [0.25, 0.3) is 0 Å². The maximum atomic E-state index is 12.9. The van der Waals surface area contributed by atoms with E-state index in [1.807, 2.05) is 41.3 Å². The van der Waals surface area contributed by atoms with Crippen molar-refractivity contribution in [2.24, 2.45) is 0 Å². The fraction of sp³-hybridized carbons (Fsp3) is 0.348. The van der Waals surface area contributed by atoms with E-state index in [-0.39, 0.29) is 11.9 Å². The van der Waals surface area contributed by atoms with Crippen LogP contribution in [-0.2, 0) is 11.2 Å². The van der Waals surface area contributed by atoms with Crippen molar-refractivity contribution in [3.63, 3.8) is 0 Å². The molecule has 1 atom stereocenters. The Morgan fingerprint density at radius 2 is 1.79 bits per heavy atom. The first-order valence-corrected chi connectivity index (χ1v) is 9.92. The van der Waals surface area contributed by atoms with Gasteiger partial charge >= 0.3 is 0 Å². The zero-order valence-electron chi connectivity index (χ0n) is 15.7. The molecular weight excluding hydrogens is 354 g/mol. The Kier molecular flexibility index (Phi) is 4.43. The molecule has 1 saturated heterocycles. The van der Waals surface area contributed by atoms with E-state index in [2.05, 4.69) is 6.07 Å². The summed E-state index contributed by atoms with van der Waals surface area (Å²) in [4.78, 5) is 14.8. The van der Waals surface area contributed by atoms with Gasteiger partial charge in [0.05, 0.1) is 12.6 Å². The Morgan fingerprint density at radius 3 is 2.71 bits per heavy atom. The highest BCUT2D eigenvalue weighted by Gasteiger charge is 2.29. The topological polar surface area (TPSA) is 48.0 Å². The molecule has 0 saturated carbocycles. The van der Waals surface area contributed by atoms with Gasteiger partial charge in [-0.3, -0.25) is 4.79 Å². The van der Waals surface area contributed by atoms with Gasteiger partial charge in [-0.15, -0.1) is 0 Å². The van der Waals surface area contributed by atoms with E-state index in [1.165, 1.54) is 5.56 Å². The molecule has 5 heteroatoms. The van der Waals surface area contributed by atoms with E-state index < -0.39 is 0 Å². The second-order valence-corrected chi connectivity index (χ2v) is 7.39. The van der Waals surface area contributed by atoms with Gasteiger partial charge in [0.1, 0.15) is 19.0 Å². The molecule has 0 aromatic heterocycles. The van der Waals surface area contributed by atoms with Crippen molar-refractivity contribution in [1.29, 1.82) is 0 Å². The second kappa shape index (κ2) is 7.23. The maximum Gasteiger partial charge on any atom is 0.247 e. The average molecular weight is 377 g/mol. The molecule has 5 rings (SSSR count). The standard InChI is InChI=1S/C23H23NO4/c25-23(8-4-16-3-6-20-18(14-16)9-11-26-20)24-10-1-2-19(24)17-5-7-21-22(15-17)28-13-12-27-21/h3-8,14-15,19H,1-2,9-13H2/b8-4+. The monoisotopic (exact) mass is 377 g/mol. The van der Waals surface area contributed by atoms with Crippen molar-refractivity contribution in [2.45, 2.75) is 25.3 Å². The van der Waals surface area contributed by atoms with Crippen molar-refractivity contribution >= 4 is 12.0 Å². The van der Waals surface area contributed by atoms with Gasteiger partial charge in [-0.25, -0.2) is 0 Å². The first-order valence-electron chi connectivity index (χ1n) is 9.92. The molecule has 2 aromatic carbocycles. The minimum atomic E-state index is 0.0501. The summed E-state index contributed by atoms with van der Waals surface area (Å²) in [6, 6.07) is 12.2. The molecule has 3 aliphatic rings. The average Bonchev–Trinajstić information content (AvgIpc) is 3.40. The van der Waals surface area contributed by atoms with Crippen molar-refractivity contribution in [1.82, 2.24) is 4.90 Å². The van der Waals surface area contributed by atoms with Crippen molar-refractivity contribution in [2.75, 3.05) is 26.4 Å². The van der Waals surface area contributed by atoms with Gasteiger partial charge in [0.15, 0.2) is 11.5 Å². The molecule has 0 spiro atoms. The lowest BCUT2D eigenvalue weighted by atomic mass is 10.0.